The van der Waals surface area contributed by atoms with Crippen LogP contribution in [0, 0.1) is 11.3 Å². The van der Waals surface area contributed by atoms with E-state index in [0.717, 1.165) is 15.4 Å². The zero-order chi connectivity index (χ0) is 10.1. The molecular formula is C10H5BrClNS. The number of fused-ring (bicyclic) bond motifs is 1. The van der Waals surface area contributed by atoms with Crippen LogP contribution in [0.1, 0.15) is 11.1 Å². The van der Waals surface area contributed by atoms with Crippen LogP contribution in [-0.4, -0.2) is 0 Å². The Morgan fingerprint density at radius 3 is 2.93 bits per heavy atom. The molecule has 0 N–H and O–H groups in total. The van der Waals surface area contributed by atoms with Crippen molar-refractivity contribution in [3.05, 3.63) is 33.7 Å². The van der Waals surface area contributed by atoms with E-state index in [1.54, 1.807) is 11.3 Å². The minimum atomic E-state index is 0.649. The van der Waals surface area contributed by atoms with E-state index >= 15 is 0 Å². The third-order valence-corrected chi connectivity index (χ3v) is 4.11. The van der Waals surface area contributed by atoms with Crippen LogP contribution in [0.15, 0.2) is 17.5 Å². The van der Waals surface area contributed by atoms with Gasteiger partial charge in [-0.25, -0.2) is 0 Å². The summed E-state index contributed by atoms with van der Waals surface area (Å²) in [5, 5.41) is 13.1. The maximum atomic E-state index is 8.93. The number of nitrogens with zero attached hydrogens (tertiary/aromatic N) is 1. The van der Waals surface area contributed by atoms with E-state index < -0.39 is 0 Å². The van der Waals surface area contributed by atoms with Crippen LogP contribution in [0.3, 0.4) is 0 Å². The van der Waals surface area contributed by atoms with Crippen LogP contribution in [0.2, 0.25) is 5.02 Å². The lowest BCUT2D eigenvalue weighted by atomic mass is 10.1. The SMILES string of the molecule is N#Cc1ccc(CBr)c2scc(Cl)c12. The summed E-state index contributed by atoms with van der Waals surface area (Å²) in [6.45, 7) is 0. The van der Waals surface area contributed by atoms with Gasteiger partial charge in [0, 0.05) is 20.8 Å². The fourth-order valence-corrected chi connectivity index (χ4v) is 3.37. The van der Waals surface area contributed by atoms with Gasteiger partial charge < -0.3 is 0 Å². The minimum absolute atomic E-state index is 0.649. The average molecular weight is 287 g/mol. The quantitative estimate of drug-likeness (QED) is 0.716. The van der Waals surface area contributed by atoms with Crippen molar-refractivity contribution in [1.82, 2.24) is 0 Å². The average Bonchev–Trinajstić information content (AvgIpc) is 2.60. The van der Waals surface area contributed by atoms with Gasteiger partial charge in [0.25, 0.3) is 0 Å². The Morgan fingerprint density at radius 2 is 2.29 bits per heavy atom. The molecule has 1 nitrogen and oxygen atoms in total. The molecule has 14 heavy (non-hydrogen) atoms. The van der Waals surface area contributed by atoms with Gasteiger partial charge in [0.2, 0.25) is 0 Å². The zero-order valence-corrected chi connectivity index (χ0v) is 10.2. The minimum Gasteiger partial charge on any atom is -0.192 e. The molecule has 0 aliphatic heterocycles. The van der Waals surface area contributed by atoms with Gasteiger partial charge in [-0.05, 0) is 11.6 Å². The van der Waals surface area contributed by atoms with Gasteiger partial charge in [-0.2, -0.15) is 5.26 Å². The fourth-order valence-electron chi connectivity index (χ4n) is 1.37. The first-order chi connectivity index (χ1) is 6.77. The molecule has 2 aromatic rings. The summed E-state index contributed by atoms with van der Waals surface area (Å²) >= 11 is 11.0. The monoisotopic (exact) mass is 285 g/mol. The highest BCUT2D eigenvalue weighted by atomic mass is 79.9. The smallest absolute Gasteiger partial charge is 0.0999 e. The van der Waals surface area contributed by atoms with E-state index in [9.17, 15) is 0 Å². The number of hydrogen-bond acceptors (Lipinski definition) is 2. The third kappa shape index (κ3) is 1.44. The highest BCUT2D eigenvalue weighted by Crippen LogP contribution is 2.35. The molecule has 0 saturated carbocycles. The third-order valence-electron chi connectivity index (χ3n) is 2.02. The molecule has 70 valence electrons. The Balaban J connectivity index is 2.89. The maximum absolute atomic E-state index is 8.93. The van der Waals surface area contributed by atoms with Crippen molar-refractivity contribution in [1.29, 1.82) is 5.26 Å². The molecule has 0 aliphatic rings. The first kappa shape index (κ1) is 9.97. The van der Waals surface area contributed by atoms with Gasteiger partial charge in [0.1, 0.15) is 0 Å². The van der Waals surface area contributed by atoms with E-state index in [0.29, 0.717) is 10.6 Å². The van der Waals surface area contributed by atoms with Crippen LogP contribution in [0.5, 0.6) is 0 Å². The first-order valence-corrected chi connectivity index (χ1v) is 6.30. The molecular weight excluding hydrogens is 282 g/mol. The van der Waals surface area contributed by atoms with Crippen molar-refractivity contribution >= 4 is 49.0 Å². The van der Waals surface area contributed by atoms with Crippen molar-refractivity contribution in [2.24, 2.45) is 0 Å². The summed E-state index contributed by atoms with van der Waals surface area (Å²) in [6, 6.07) is 5.93. The van der Waals surface area contributed by atoms with Crippen LogP contribution in [0.4, 0.5) is 0 Å². The number of rotatable bonds is 1. The van der Waals surface area contributed by atoms with Crippen LogP contribution < -0.4 is 0 Å². The van der Waals surface area contributed by atoms with E-state index in [1.165, 1.54) is 5.56 Å². The summed E-state index contributed by atoms with van der Waals surface area (Å²) in [5.41, 5.74) is 1.83. The van der Waals surface area contributed by atoms with E-state index in [2.05, 4.69) is 22.0 Å². The van der Waals surface area contributed by atoms with E-state index in [1.807, 2.05) is 17.5 Å². The molecule has 0 amide bonds. The number of halogens is 2. The Bertz CT molecular complexity index is 527. The molecule has 1 aromatic heterocycles. The Morgan fingerprint density at radius 1 is 1.50 bits per heavy atom. The molecule has 0 atom stereocenters. The number of alkyl halides is 1. The first-order valence-electron chi connectivity index (χ1n) is 3.92. The van der Waals surface area contributed by atoms with Crippen LogP contribution in [-0.2, 0) is 5.33 Å². The van der Waals surface area contributed by atoms with Crippen molar-refractivity contribution in [3.8, 4) is 6.07 Å². The van der Waals surface area contributed by atoms with Gasteiger partial charge in [0.15, 0.2) is 0 Å². The second-order valence-corrected chi connectivity index (χ2v) is 4.65. The fraction of sp³-hybridized carbons (Fsp3) is 0.100. The molecule has 0 bridgehead atoms. The topological polar surface area (TPSA) is 23.8 Å². The number of thiophene rings is 1. The zero-order valence-electron chi connectivity index (χ0n) is 7.05. The molecule has 1 heterocycles. The van der Waals surface area contributed by atoms with Crippen molar-refractivity contribution < 1.29 is 0 Å². The molecule has 0 aliphatic carbocycles. The van der Waals surface area contributed by atoms with Gasteiger partial charge >= 0.3 is 0 Å². The highest BCUT2D eigenvalue weighted by molar-refractivity contribution is 9.08. The summed E-state index contributed by atoms with van der Waals surface area (Å²) < 4.78 is 1.10. The van der Waals surface area contributed by atoms with Gasteiger partial charge in [-0.1, -0.05) is 33.6 Å². The summed E-state index contributed by atoms with van der Waals surface area (Å²) in [5.74, 6) is 0. The predicted octanol–water partition coefficient (Wildman–Crippen LogP) is 4.32. The predicted molar refractivity (Wildman–Crippen MR) is 64.2 cm³/mol. The van der Waals surface area contributed by atoms with Crippen LogP contribution >= 0.6 is 38.9 Å². The molecule has 2 rings (SSSR count). The molecule has 0 unspecified atom stereocenters. The second-order valence-electron chi connectivity index (χ2n) is 2.81. The number of hydrogen-bond donors (Lipinski definition) is 0. The van der Waals surface area contributed by atoms with Gasteiger partial charge in [0.05, 0.1) is 16.7 Å². The molecule has 0 spiro atoms. The molecule has 0 radical (unpaired) electrons. The Labute approximate surface area is 99.0 Å². The molecule has 1 aromatic carbocycles. The molecule has 0 saturated heterocycles. The van der Waals surface area contributed by atoms with Crippen molar-refractivity contribution in [2.45, 2.75) is 5.33 Å². The van der Waals surface area contributed by atoms with E-state index in [4.69, 9.17) is 16.9 Å². The van der Waals surface area contributed by atoms with Crippen LogP contribution in [0.25, 0.3) is 10.1 Å². The molecule has 4 heteroatoms. The Hall–Kier alpha value is -0.560. The lowest BCUT2D eigenvalue weighted by Crippen LogP contribution is -1.81. The number of benzene rings is 1. The van der Waals surface area contributed by atoms with Crippen molar-refractivity contribution in [2.75, 3.05) is 0 Å². The normalized spacial score (nSPS) is 10.4. The molecule has 0 fully saturated rings. The summed E-state index contributed by atoms with van der Waals surface area (Å²) in [4.78, 5) is 0. The van der Waals surface area contributed by atoms with Crippen molar-refractivity contribution in [3.63, 3.8) is 0 Å². The highest BCUT2D eigenvalue weighted by Gasteiger charge is 2.10. The summed E-state index contributed by atoms with van der Waals surface area (Å²) in [7, 11) is 0. The lowest BCUT2D eigenvalue weighted by molar-refractivity contribution is 1.47. The van der Waals surface area contributed by atoms with Gasteiger partial charge in [-0.3, -0.25) is 0 Å². The lowest BCUT2D eigenvalue weighted by Gasteiger charge is -1.99. The standard InChI is InChI=1S/C10H5BrClNS/c11-3-6-1-2-7(4-13)9-8(12)5-14-10(6)9/h1-2,5H,3H2. The number of nitriles is 1. The maximum Gasteiger partial charge on any atom is 0.0999 e. The summed E-state index contributed by atoms with van der Waals surface area (Å²) in [6.07, 6.45) is 0. The Kier molecular flexibility index (Phi) is 2.78. The largest absolute Gasteiger partial charge is 0.192 e. The van der Waals surface area contributed by atoms with Gasteiger partial charge in [-0.15, -0.1) is 11.3 Å². The second kappa shape index (κ2) is 3.90. The van der Waals surface area contributed by atoms with E-state index in [-0.39, 0.29) is 0 Å².